The molecule has 0 saturated carbocycles. The monoisotopic (exact) mass is 219 g/mol. The van der Waals surface area contributed by atoms with Gasteiger partial charge < -0.3 is 0 Å². The number of aryl methyl sites for hydroxylation is 1. The van der Waals surface area contributed by atoms with E-state index in [1.807, 2.05) is 13.0 Å². The summed E-state index contributed by atoms with van der Waals surface area (Å²) in [7, 11) is 0. The Bertz CT molecular complexity index is 414. The zero-order chi connectivity index (χ0) is 12.1. The highest BCUT2D eigenvalue weighted by molar-refractivity contribution is 5.99. The van der Waals surface area contributed by atoms with Crippen LogP contribution in [0.2, 0.25) is 0 Å². The quantitative estimate of drug-likeness (QED) is 0.729. The van der Waals surface area contributed by atoms with Gasteiger partial charge in [-0.2, -0.15) is 5.26 Å². The Kier molecular flexibility index (Phi) is 4.19. The summed E-state index contributed by atoms with van der Waals surface area (Å²) in [5.41, 5.74) is 0.981. The number of carbonyl (C=O) groups excluding carboxylic acids is 1. The lowest BCUT2D eigenvalue weighted by molar-refractivity contribution is 0.0943. The summed E-state index contributed by atoms with van der Waals surface area (Å²) >= 11 is 0. The fraction of sp³-hybridized carbons (Fsp3) is 0.385. The highest BCUT2D eigenvalue weighted by Gasteiger charge is 2.19. The first-order valence-electron chi connectivity index (χ1n) is 5.29. The lowest BCUT2D eigenvalue weighted by Gasteiger charge is -2.07. The smallest absolute Gasteiger partial charge is 0.180 e. The third-order valence-corrected chi connectivity index (χ3v) is 2.38. The van der Waals surface area contributed by atoms with Crippen molar-refractivity contribution in [2.75, 3.05) is 0 Å². The Hall–Kier alpha value is -1.69. The molecule has 0 radical (unpaired) electrons. The normalized spacial score (nSPS) is 11.9. The Balaban J connectivity index is 3.00. The van der Waals surface area contributed by atoms with Gasteiger partial charge in [-0.1, -0.05) is 13.3 Å². The summed E-state index contributed by atoms with van der Waals surface area (Å²) < 4.78 is 13.1. The van der Waals surface area contributed by atoms with Crippen LogP contribution in [0.15, 0.2) is 18.2 Å². The average Bonchev–Trinajstić information content (AvgIpc) is 2.23. The molecular weight excluding hydrogens is 205 g/mol. The van der Waals surface area contributed by atoms with Gasteiger partial charge in [0.05, 0.1) is 6.07 Å². The maximum atomic E-state index is 13.1. The molecule has 0 N–H and O–H groups in total. The lowest BCUT2D eigenvalue weighted by atomic mass is 9.94. The molecule has 0 bridgehead atoms. The molecular formula is C13H14FNO. The first-order chi connectivity index (χ1) is 7.58. The molecule has 1 unspecified atom stereocenters. The van der Waals surface area contributed by atoms with E-state index >= 15 is 0 Å². The molecule has 0 aliphatic rings. The Morgan fingerprint density at radius 2 is 2.19 bits per heavy atom. The molecule has 0 heterocycles. The molecule has 1 rings (SSSR count). The van der Waals surface area contributed by atoms with Crippen LogP contribution in [0, 0.1) is 30.0 Å². The number of carbonyl (C=O) groups is 1. The maximum Gasteiger partial charge on any atom is 0.180 e. The van der Waals surface area contributed by atoms with Crippen LogP contribution in [-0.4, -0.2) is 5.78 Å². The molecule has 16 heavy (non-hydrogen) atoms. The topological polar surface area (TPSA) is 40.9 Å². The van der Waals surface area contributed by atoms with Crippen molar-refractivity contribution in [3.63, 3.8) is 0 Å². The Labute approximate surface area is 94.7 Å². The van der Waals surface area contributed by atoms with Crippen molar-refractivity contribution in [3.05, 3.63) is 35.1 Å². The van der Waals surface area contributed by atoms with Gasteiger partial charge in [0, 0.05) is 5.56 Å². The van der Waals surface area contributed by atoms with E-state index in [4.69, 9.17) is 5.26 Å². The zero-order valence-corrected chi connectivity index (χ0v) is 9.46. The summed E-state index contributed by atoms with van der Waals surface area (Å²) in [5, 5.41) is 8.86. The molecule has 1 aromatic rings. The standard InChI is InChI=1S/C13H14FNO/c1-3-4-10(8-15)13(16)11-5-9(2)6-12(14)7-11/h5-7,10H,3-4H2,1-2H3. The molecule has 0 saturated heterocycles. The van der Waals surface area contributed by atoms with Gasteiger partial charge in [-0.05, 0) is 37.1 Å². The predicted octanol–water partition coefficient (Wildman–Crippen LogP) is 3.26. The van der Waals surface area contributed by atoms with Crippen LogP contribution in [0.25, 0.3) is 0 Å². The fourth-order valence-corrected chi connectivity index (χ4v) is 1.62. The summed E-state index contributed by atoms with van der Waals surface area (Å²) in [6.45, 7) is 3.63. The number of hydrogen-bond acceptors (Lipinski definition) is 2. The molecule has 0 aromatic heterocycles. The average molecular weight is 219 g/mol. The highest BCUT2D eigenvalue weighted by Crippen LogP contribution is 2.16. The van der Waals surface area contributed by atoms with Crippen LogP contribution >= 0.6 is 0 Å². The molecule has 84 valence electrons. The molecule has 1 atom stereocenters. The van der Waals surface area contributed by atoms with E-state index in [-0.39, 0.29) is 11.3 Å². The zero-order valence-electron chi connectivity index (χ0n) is 9.46. The van der Waals surface area contributed by atoms with Crippen molar-refractivity contribution in [1.82, 2.24) is 0 Å². The lowest BCUT2D eigenvalue weighted by Crippen LogP contribution is -2.13. The fourth-order valence-electron chi connectivity index (χ4n) is 1.62. The minimum Gasteiger partial charge on any atom is -0.293 e. The van der Waals surface area contributed by atoms with Crippen LogP contribution in [0.3, 0.4) is 0 Å². The minimum atomic E-state index is -0.661. The van der Waals surface area contributed by atoms with Crippen molar-refractivity contribution >= 4 is 5.78 Å². The number of ketones is 1. The summed E-state index contributed by atoms with van der Waals surface area (Å²) in [6, 6.07) is 6.13. The summed E-state index contributed by atoms with van der Waals surface area (Å²) in [4.78, 5) is 11.9. The van der Waals surface area contributed by atoms with E-state index in [0.29, 0.717) is 12.0 Å². The first kappa shape index (κ1) is 12.4. The van der Waals surface area contributed by atoms with Crippen LogP contribution in [0.1, 0.15) is 35.7 Å². The van der Waals surface area contributed by atoms with Crippen LogP contribution in [-0.2, 0) is 0 Å². The predicted molar refractivity (Wildman–Crippen MR) is 59.5 cm³/mol. The number of nitrogens with zero attached hydrogens (tertiary/aromatic N) is 1. The van der Waals surface area contributed by atoms with E-state index in [1.54, 1.807) is 13.0 Å². The summed E-state index contributed by atoms with van der Waals surface area (Å²) in [6.07, 6.45) is 1.28. The van der Waals surface area contributed by atoms with Gasteiger partial charge in [-0.25, -0.2) is 4.39 Å². The molecule has 3 heteroatoms. The number of benzene rings is 1. The van der Waals surface area contributed by atoms with Gasteiger partial charge in [-0.15, -0.1) is 0 Å². The minimum absolute atomic E-state index is 0.285. The van der Waals surface area contributed by atoms with Gasteiger partial charge in [0.1, 0.15) is 11.7 Å². The molecule has 0 spiro atoms. The molecule has 0 amide bonds. The number of halogens is 1. The van der Waals surface area contributed by atoms with Gasteiger partial charge in [0.2, 0.25) is 0 Å². The molecule has 2 nitrogen and oxygen atoms in total. The van der Waals surface area contributed by atoms with Crippen molar-refractivity contribution in [3.8, 4) is 6.07 Å². The van der Waals surface area contributed by atoms with Crippen molar-refractivity contribution in [2.24, 2.45) is 5.92 Å². The number of rotatable bonds is 4. The third-order valence-electron chi connectivity index (χ3n) is 2.38. The van der Waals surface area contributed by atoms with Gasteiger partial charge in [0.15, 0.2) is 5.78 Å². The van der Waals surface area contributed by atoms with Gasteiger partial charge in [-0.3, -0.25) is 4.79 Å². The second-order valence-electron chi connectivity index (χ2n) is 3.85. The summed E-state index contributed by atoms with van der Waals surface area (Å²) in [5.74, 6) is -1.38. The highest BCUT2D eigenvalue weighted by atomic mass is 19.1. The molecule has 0 fully saturated rings. The van der Waals surface area contributed by atoms with Crippen LogP contribution < -0.4 is 0 Å². The number of nitriles is 1. The number of hydrogen-bond donors (Lipinski definition) is 0. The van der Waals surface area contributed by atoms with E-state index in [1.165, 1.54) is 12.1 Å². The van der Waals surface area contributed by atoms with E-state index in [2.05, 4.69) is 0 Å². The van der Waals surface area contributed by atoms with Crippen molar-refractivity contribution < 1.29 is 9.18 Å². The second-order valence-corrected chi connectivity index (χ2v) is 3.85. The van der Waals surface area contributed by atoms with E-state index < -0.39 is 11.7 Å². The molecule has 0 aliphatic heterocycles. The second kappa shape index (κ2) is 5.41. The SMILES string of the molecule is CCCC(C#N)C(=O)c1cc(C)cc(F)c1. The van der Waals surface area contributed by atoms with Crippen molar-refractivity contribution in [1.29, 1.82) is 5.26 Å². The van der Waals surface area contributed by atoms with Crippen LogP contribution in [0.5, 0.6) is 0 Å². The molecule has 0 aliphatic carbocycles. The molecule has 1 aromatic carbocycles. The Morgan fingerprint density at radius 3 is 2.69 bits per heavy atom. The third kappa shape index (κ3) is 2.90. The van der Waals surface area contributed by atoms with Gasteiger partial charge in [0.25, 0.3) is 0 Å². The van der Waals surface area contributed by atoms with Gasteiger partial charge >= 0.3 is 0 Å². The van der Waals surface area contributed by atoms with Crippen molar-refractivity contribution in [2.45, 2.75) is 26.7 Å². The van der Waals surface area contributed by atoms with E-state index in [0.717, 1.165) is 6.42 Å². The van der Waals surface area contributed by atoms with Crippen LogP contribution in [0.4, 0.5) is 4.39 Å². The Morgan fingerprint density at radius 1 is 1.50 bits per heavy atom. The maximum absolute atomic E-state index is 13.1. The first-order valence-corrected chi connectivity index (χ1v) is 5.29. The van der Waals surface area contributed by atoms with E-state index in [9.17, 15) is 9.18 Å². The largest absolute Gasteiger partial charge is 0.293 e. The number of Topliss-reactive ketones (excluding diaryl/α,β-unsaturated/α-hetero) is 1.